The second-order valence-electron chi connectivity index (χ2n) is 6.58. The first-order valence-electron chi connectivity index (χ1n) is 9.11. The zero-order valence-electron chi connectivity index (χ0n) is 15.5. The predicted molar refractivity (Wildman–Crippen MR) is 98.1 cm³/mol. The van der Waals surface area contributed by atoms with Gasteiger partial charge in [0.15, 0.2) is 6.29 Å². The molecule has 2 rings (SSSR count). The van der Waals surface area contributed by atoms with E-state index < -0.39 is 36.4 Å². The molecular formula is C19H26N2O7. The summed E-state index contributed by atoms with van der Waals surface area (Å²) in [7, 11) is 0. The second-order valence-corrected chi connectivity index (χ2v) is 6.58. The van der Waals surface area contributed by atoms with Crippen molar-refractivity contribution in [1.29, 1.82) is 0 Å². The molecule has 4 atom stereocenters. The number of aliphatic hydroxyl groups excluding tert-OH is 2. The van der Waals surface area contributed by atoms with Crippen molar-refractivity contribution in [2.45, 2.75) is 43.8 Å². The summed E-state index contributed by atoms with van der Waals surface area (Å²) < 4.78 is 10.6. The van der Waals surface area contributed by atoms with Crippen LogP contribution in [0.1, 0.15) is 18.4 Å². The van der Waals surface area contributed by atoms with Crippen molar-refractivity contribution >= 4 is 18.1 Å². The molecule has 0 unspecified atom stereocenters. The van der Waals surface area contributed by atoms with Crippen LogP contribution in [0.25, 0.3) is 0 Å². The monoisotopic (exact) mass is 394 g/mol. The van der Waals surface area contributed by atoms with Gasteiger partial charge in [0, 0.05) is 12.8 Å². The Hall–Kier alpha value is -2.33. The van der Waals surface area contributed by atoms with Gasteiger partial charge in [0.2, 0.25) is 11.8 Å². The lowest BCUT2D eigenvalue weighted by atomic mass is 10.1. The second kappa shape index (κ2) is 11.5. The van der Waals surface area contributed by atoms with Gasteiger partial charge in [-0.05, 0) is 12.0 Å². The van der Waals surface area contributed by atoms with Crippen molar-refractivity contribution in [3.63, 3.8) is 0 Å². The van der Waals surface area contributed by atoms with Gasteiger partial charge >= 0.3 is 0 Å². The minimum atomic E-state index is -0.800. The fourth-order valence-electron chi connectivity index (χ4n) is 2.83. The van der Waals surface area contributed by atoms with E-state index in [0.29, 0.717) is 19.1 Å². The average Bonchev–Trinajstić information content (AvgIpc) is 2.70. The Balaban J connectivity index is 1.67. The maximum Gasteiger partial charge on any atom is 0.246 e. The summed E-state index contributed by atoms with van der Waals surface area (Å²) in [6.45, 7) is -0.900. The van der Waals surface area contributed by atoms with Crippen LogP contribution in [-0.2, 0) is 30.3 Å². The fraction of sp³-hybridized carbons (Fsp3) is 0.526. The molecule has 9 heteroatoms. The first-order chi connectivity index (χ1) is 13.5. The van der Waals surface area contributed by atoms with E-state index in [9.17, 15) is 19.5 Å². The van der Waals surface area contributed by atoms with Gasteiger partial charge in [-0.3, -0.25) is 9.59 Å². The predicted octanol–water partition coefficient (Wildman–Crippen LogP) is -1.10. The number of ether oxygens (including phenoxy) is 2. The largest absolute Gasteiger partial charge is 0.394 e. The van der Waals surface area contributed by atoms with Crippen LogP contribution >= 0.6 is 0 Å². The van der Waals surface area contributed by atoms with Crippen molar-refractivity contribution in [1.82, 2.24) is 10.6 Å². The van der Waals surface area contributed by atoms with Crippen molar-refractivity contribution in [2.75, 3.05) is 19.8 Å². The molecule has 0 saturated carbocycles. The summed E-state index contributed by atoms with van der Waals surface area (Å²) in [5, 5.41) is 23.7. The third-order valence-electron chi connectivity index (χ3n) is 4.20. The molecule has 2 amide bonds. The third kappa shape index (κ3) is 7.73. The lowest BCUT2D eigenvalue weighted by molar-refractivity contribution is -0.221. The lowest BCUT2D eigenvalue weighted by Crippen LogP contribution is -2.45. The zero-order valence-corrected chi connectivity index (χ0v) is 15.5. The number of aliphatic hydroxyl groups is 2. The Morgan fingerprint density at radius 2 is 2.00 bits per heavy atom. The molecule has 1 aromatic carbocycles. The molecule has 28 heavy (non-hydrogen) atoms. The van der Waals surface area contributed by atoms with Gasteiger partial charge < -0.3 is 35.1 Å². The van der Waals surface area contributed by atoms with E-state index in [-0.39, 0.29) is 26.2 Å². The summed E-state index contributed by atoms with van der Waals surface area (Å²) in [5.74, 6) is -1.03. The lowest BCUT2D eigenvalue weighted by Gasteiger charge is -2.31. The molecule has 0 radical (unpaired) electrons. The van der Waals surface area contributed by atoms with Gasteiger partial charge in [0.1, 0.15) is 12.9 Å². The molecule has 4 N–H and O–H groups in total. The summed E-state index contributed by atoms with van der Waals surface area (Å²) in [5.41, 5.74) is 0.910. The number of carbonyl (C=O) groups excluding carboxylic acids is 3. The van der Waals surface area contributed by atoms with Crippen LogP contribution in [0, 0.1) is 0 Å². The van der Waals surface area contributed by atoms with E-state index in [0.717, 1.165) is 5.56 Å². The third-order valence-corrected chi connectivity index (χ3v) is 4.20. The van der Waals surface area contributed by atoms with E-state index in [1.165, 1.54) is 0 Å². The van der Waals surface area contributed by atoms with Crippen LogP contribution in [0.4, 0.5) is 0 Å². The van der Waals surface area contributed by atoms with Crippen molar-refractivity contribution in [3.05, 3.63) is 35.9 Å². The van der Waals surface area contributed by atoms with Gasteiger partial charge in [-0.2, -0.15) is 0 Å². The Bertz CT molecular complexity index is 640. The highest BCUT2D eigenvalue weighted by Crippen LogP contribution is 2.20. The molecule has 9 nitrogen and oxygen atoms in total. The number of rotatable bonds is 10. The van der Waals surface area contributed by atoms with E-state index in [2.05, 4.69) is 10.6 Å². The van der Waals surface area contributed by atoms with Gasteiger partial charge in [-0.15, -0.1) is 0 Å². The minimum Gasteiger partial charge on any atom is -0.394 e. The summed E-state index contributed by atoms with van der Waals surface area (Å²) in [6, 6.07) is 8.57. The number of amides is 2. The van der Waals surface area contributed by atoms with Gasteiger partial charge in [-0.25, -0.2) is 0 Å². The van der Waals surface area contributed by atoms with Gasteiger partial charge in [0.25, 0.3) is 0 Å². The summed E-state index contributed by atoms with van der Waals surface area (Å²) in [6.07, 6.45) is -0.485. The number of benzene rings is 1. The number of hydrogen-bond acceptors (Lipinski definition) is 7. The molecule has 0 bridgehead atoms. The molecule has 0 aliphatic carbocycles. The molecule has 1 aromatic rings. The first kappa shape index (κ1) is 22.0. The summed E-state index contributed by atoms with van der Waals surface area (Å²) in [4.78, 5) is 34.9. The molecule has 1 saturated heterocycles. The quantitative estimate of drug-likeness (QED) is 0.370. The topological polar surface area (TPSA) is 134 Å². The Morgan fingerprint density at radius 1 is 1.25 bits per heavy atom. The fourth-order valence-corrected chi connectivity index (χ4v) is 2.83. The highest BCUT2D eigenvalue weighted by atomic mass is 16.7. The maximum atomic E-state index is 11.9. The van der Waals surface area contributed by atoms with Crippen LogP contribution in [0.15, 0.2) is 30.3 Å². The normalized spacial score (nSPS) is 22.9. The number of nitrogens with one attached hydrogen (secondary N) is 2. The van der Waals surface area contributed by atoms with Crippen LogP contribution in [0.3, 0.4) is 0 Å². The Kier molecular flexibility index (Phi) is 9.02. The SMILES string of the molecule is O=C[C@H](Cc1ccccc1)NC(=O)CNC(=O)CO[C@H]1C[C@@H](O)C[C@@H](CO)O1. The van der Waals surface area contributed by atoms with Crippen LogP contribution in [-0.4, -0.2) is 72.6 Å². The van der Waals surface area contributed by atoms with Gasteiger partial charge in [-0.1, -0.05) is 30.3 Å². The number of carbonyl (C=O) groups is 3. The van der Waals surface area contributed by atoms with Crippen molar-refractivity contribution < 1.29 is 34.1 Å². The molecule has 0 spiro atoms. The first-order valence-corrected chi connectivity index (χ1v) is 9.11. The Morgan fingerprint density at radius 3 is 2.68 bits per heavy atom. The number of hydrogen-bond donors (Lipinski definition) is 4. The highest BCUT2D eigenvalue weighted by Gasteiger charge is 2.28. The van der Waals surface area contributed by atoms with Gasteiger partial charge in [0.05, 0.1) is 31.4 Å². The van der Waals surface area contributed by atoms with Crippen LogP contribution < -0.4 is 10.6 Å². The maximum absolute atomic E-state index is 11.9. The molecular weight excluding hydrogens is 368 g/mol. The average molecular weight is 394 g/mol. The van der Waals surface area contributed by atoms with E-state index in [4.69, 9.17) is 14.6 Å². The van der Waals surface area contributed by atoms with E-state index >= 15 is 0 Å². The molecule has 1 aliphatic rings. The van der Waals surface area contributed by atoms with Crippen LogP contribution in [0.5, 0.6) is 0 Å². The molecule has 1 heterocycles. The van der Waals surface area contributed by atoms with E-state index in [1.807, 2.05) is 30.3 Å². The zero-order chi connectivity index (χ0) is 20.4. The number of aldehydes is 1. The minimum absolute atomic E-state index is 0.199. The van der Waals surface area contributed by atoms with Crippen molar-refractivity contribution in [2.24, 2.45) is 0 Å². The molecule has 154 valence electrons. The standard InChI is InChI=1S/C19H26N2O7/c22-10-14(6-13-4-2-1-3-5-13)21-17(25)9-20-18(26)12-27-19-8-15(24)7-16(11-23)28-19/h1-5,10,14-16,19,23-24H,6-9,11-12H2,(H,20,26)(H,21,25)/t14-,15-,16-,19+/m0/s1. The van der Waals surface area contributed by atoms with Crippen molar-refractivity contribution in [3.8, 4) is 0 Å². The van der Waals surface area contributed by atoms with Crippen LogP contribution in [0.2, 0.25) is 0 Å². The van der Waals surface area contributed by atoms with E-state index in [1.54, 1.807) is 0 Å². The Labute approximate surface area is 163 Å². The molecule has 0 aromatic heterocycles. The molecule has 1 aliphatic heterocycles. The summed E-state index contributed by atoms with van der Waals surface area (Å²) >= 11 is 0. The highest BCUT2D eigenvalue weighted by molar-refractivity contribution is 5.86. The molecule has 1 fully saturated rings. The smallest absolute Gasteiger partial charge is 0.246 e.